The number of hydrogen-bond acceptors (Lipinski definition) is 6. The fraction of sp³-hybridized carbons (Fsp3) is 0. The molecule has 0 spiro atoms. The van der Waals surface area contributed by atoms with Gasteiger partial charge in [-0.2, -0.15) is 10.1 Å². The minimum Gasteiger partial charge on any atom is -0.508 e. The number of H-pyrrole nitrogens is 1. The lowest BCUT2D eigenvalue weighted by molar-refractivity contribution is 0.451. The number of aromatic hydroxyl groups is 2. The molecule has 2 aromatic rings. The number of nitrogens with zero attached hydrogens (tertiary/aromatic N) is 4. The van der Waals surface area contributed by atoms with Gasteiger partial charge in [0, 0.05) is 6.07 Å². The van der Waals surface area contributed by atoms with Crippen molar-refractivity contribution in [2.75, 3.05) is 0 Å². The second kappa shape index (κ2) is 3.74. The van der Waals surface area contributed by atoms with Crippen LogP contribution in [0.2, 0.25) is 0 Å². The Balaban J connectivity index is 2.24. The van der Waals surface area contributed by atoms with Gasteiger partial charge in [0.25, 0.3) is 5.95 Å². The molecule has 15 heavy (non-hydrogen) atoms. The summed E-state index contributed by atoms with van der Waals surface area (Å²) in [6.07, 6.45) is 1.30. The third-order valence-electron chi connectivity index (χ3n) is 1.61. The number of rotatable bonds is 2. The van der Waals surface area contributed by atoms with Crippen molar-refractivity contribution in [2.24, 2.45) is 10.2 Å². The van der Waals surface area contributed by atoms with Gasteiger partial charge < -0.3 is 10.2 Å². The summed E-state index contributed by atoms with van der Waals surface area (Å²) < 4.78 is 0. The Labute approximate surface area is 84.1 Å². The molecule has 7 nitrogen and oxygen atoms in total. The van der Waals surface area contributed by atoms with Crippen LogP contribution in [0.3, 0.4) is 0 Å². The van der Waals surface area contributed by atoms with Crippen LogP contribution in [0.15, 0.2) is 34.8 Å². The van der Waals surface area contributed by atoms with Gasteiger partial charge in [-0.25, -0.2) is 5.10 Å². The van der Waals surface area contributed by atoms with Crippen molar-refractivity contribution in [3.05, 3.63) is 24.5 Å². The normalized spacial score (nSPS) is 10.9. The second-order valence-electron chi connectivity index (χ2n) is 2.68. The molecule has 0 aliphatic heterocycles. The van der Waals surface area contributed by atoms with Gasteiger partial charge >= 0.3 is 0 Å². The highest BCUT2D eigenvalue weighted by Gasteiger charge is 2.00. The number of aromatic nitrogens is 3. The monoisotopic (exact) mass is 205 g/mol. The van der Waals surface area contributed by atoms with Crippen molar-refractivity contribution in [2.45, 2.75) is 0 Å². The molecule has 0 aliphatic carbocycles. The third kappa shape index (κ3) is 2.08. The molecule has 0 bridgehead atoms. The van der Waals surface area contributed by atoms with Gasteiger partial charge in [0.1, 0.15) is 23.5 Å². The summed E-state index contributed by atoms with van der Waals surface area (Å²) in [5, 5.41) is 31.9. The smallest absolute Gasteiger partial charge is 0.264 e. The molecular weight excluding hydrogens is 198 g/mol. The largest absolute Gasteiger partial charge is 0.508 e. The van der Waals surface area contributed by atoms with Crippen LogP contribution in [0.4, 0.5) is 11.6 Å². The lowest BCUT2D eigenvalue weighted by Crippen LogP contribution is -1.69. The third-order valence-corrected chi connectivity index (χ3v) is 1.61. The molecule has 1 heterocycles. The summed E-state index contributed by atoms with van der Waals surface area (Å²) in [5.74, 6) is 0.0480. The average molecular weight is 205 g/mol. The second-order valence-corrected chi connectivity index (χ2v) is 2.68. The highest BCUT2D eigenvalue weighted by Crippen LogP contribution is 2.30. The van der Waals surface area contributed by atoms with E-state index in [-0.39, 0.29) is 23.1 Å². The van der Waals surface area contributed by atoms with Crippen LogP contribution in [-0.2, 0) is 0 Å². The number of azo groups is 1. The number of phenols is 2. The molecule has 0 unspecified atom stereocenters. The zero-order valence-corrected chi connectivity index (χ0v) is 7.49. The van der Waals surface area contributed by atoms with E-state index in [1.54, 1.807) is 0 Å². The molecule has 0 aliphatic rings. The number of phenolic OH excluding ortho intramolecular Hbond substituents is 2. The first-order valence-corrected chi connectivity index (χ1v) is 4.05. The van der Waals surface area contributed by atoms with Crippen molar-refractivity contribution in [3.8, 4) is 11.5 Å². The first-order chi connectivity index (χ1) is 7.25. The first-order valence-electron chi connectivity index (χ1n) is 4.05. The first kappa shape index (κ1) is 9.13. The van der Waals surface area contributed by atoms with Gasteiger partial charge in [-0.1, -0.05) is 0 Å². The Bertz CT molecular complexity index is 480. The molecular formula is C8H7N5O2. The molecule has 76 valence electrons. The van der Waals surface area contributed by atoms with Crippen LogP contribution < -0.4 is 0 Å². The molecule has 0 fully saturated rings. The quantitative estimate of drug-likeness (QED) is 0.647. The van der Waals surface area contributed by atoms with Crippen molar-refractivity contribution in [1.29, 1.82) is 0 Å². The zero-order chi connectivity index (χ0) is 10.7. The summed E-state index contributed by atoms with van der Waals surface area (Å²) in [4.78, 5) is 3.72. The van der Waals surface area contributed by atoms with Gasteiger partial charge in [-0.15, -0.1) is 10.2 Å². The summed E-state index contributed by atoms with van der Waals surface area (Å²) in [5.41, 5.74) is 0.240. The van der Waals surface area contributed by atoms with Crippen molar-refractivity contribution < 1.29 is 10.2 Å². The lowest BCUT2D eigenvalue weighted by atomic mass is 10.3. The topological polar surface area (TPSA) is 107 Å². The highest BCUT2D eigenvalue weighted by atomic mass is 16.3. The molecule has 3 N–H and O–H groups in total. The van der Waals surface area contributed by atoms with E-state index in [1.807, 2.05) is 0 Å². The van der Waals surface area contributed by atoms with Gasteiger partial charge in [0.05, 0.1) is 0 Å². The van der Waals surface area contributed by atoms with Crippen molar-refractivity contribution in [3.63, 3.8) is 0 Å². The van der Waals surface area contributed by atoms with E-state index in [0.29, 0.717) is 0 Å². The van der Waals surface area contributed by atoms with E-state index >= 15 is 0 Å². The van der Waals surface area contributed by atoms with Crippen LogP contribution in [0.1, 0.15) is 0 Å². The molecule has 0 amide bonds. The Hall–Kier alpha value is -2.44. The number of benzene rings is 1. The summed E-state index contributed by atoms with van der Waals surface area (Å²) in [6.45, 7) is 0. The zero-order valence-electron chi connectivity index (χ0n) is 7.49. The SMILES string of the molecule is Oc1ccc(N=Nc2ncn[nH]2)c(O)c1. The molecule has 1 aromatic carbocycles. The molecule has 0 saturated carbocycles. The Morgan fingerprint density at radius 3 is 2.73 bits per heavy atom. The van der Waals surface area contributed by atoms with Gasteiger partial charge in [0.2, 0.25) is 0 Å². The van der Waals surface area contributed by atoms with Crippen LogP contribution in [0, 0.1) is 0 Å². The number of nitrogens with one attached hydrogen (secondary N) is 1. The fourth-order valence-corrected chi connectivity index (χ4v) is 0.945. The van der Waals surface area contributed by atoms with Crippen molar-refractivity contribution in [1.82, 2.24) is 15.2 Å². The van der Waals surface area contributed by atoms with E-state index < -0.39 is 0 Å². The predicted molar refractivity (Wildman–Crippen MR) is 50.3 cm³/mol. The van der Waals surface area contributed by atoms with Crippen molar-refractivity contribution >= 4 is 11.6 Å². The van der Waals surface area contributed by atoms with E-state index in [9.17, 15) is 5.11 Å². The van der Waals surface area contributed by atoms with Gasteiger partial charge in [-0.3, -0.25) is 0 Å². The Morgan fingerprint density at radius 1 is 1.20 bits per heavy atom. The van der Waals surface area contributed by atoms with Crippen LogP contribution in [0.5, 0.6) is 11.5 Å². The van der Waals surface area contributed by atoms with Crippen LogP contribution in [0.25, 0.3) is 0 Å². The maximum atomic E-state index is 9.36. The van der Waals surface area contributed by atoms with E-state index in [4.69, 9.17) is 5.11 Å². The Morgan fingerprint density at radius 2 is 2.07 bits per heavy atom. The predicted octanol–water partition coefficient (Wildman–Crippen LogP) is 1.63. The van der Waals surface area contributed by atoms with E-state index in [2.05, 4.69) is 25.4 Å². The number of hydrogen-bond donors (Lipinski definition) is 3. The summed E-state index contributed by atoms with van der Waals surface area (Å²) in [6, 6.07) is 4.01. The molecule has 0 saturated heterocycles. The van der Waals surface area contributed by atoms with E-state index in [0.717, 1.165) is 0 Å². The van der Waals surface area contributed by atoms with Crippen LogP contribution in [-0.4, -0.2) is 25.4 Å². The van der Waals surface area contributed by atoms with Gasteiger partial charge in [0.15, 0.2) is 0 Å². The van der Waals surface area contributed by atoms with E-state index in [1.165, 1.54) is 24.5 Å². The average Bonchev–Trinajstić information content (AvgIpc) is 2.69. The number of aromatic amines is 1. The molecule has 0 atom stereocenters. The minimum atomic E-state index is -0.154. The minimum absolute atomic E-state index is 0.0360. The highest BCUT2D eigenvalue weighted by molar-refractivity contribution is 5.53. The molecule has 2 rings (SSSR count). The Kier molecular flexibility index (Phi) is 2.28. The fourth-order valence-electron chi connectivity index (χ4n) is 0.945. The summed E-state index contributed by atoms with van der Waals surface area (Å²) in [7, 11) is 0. The summed E-state index contributed by atoms with van der Waals surface area (Å²) >= 11 is 0. The molecule has 7 heteroatoms. The standard InChI is InChI=1S/C8H7N5O2/c14-5-1-2-6(7(15)3-5)11-13-8-9-4-10-12-8/h1-4,14-15H,(H,9,10,12). The van der Waals surface area contributed by atoms with Crippen LogP contribution >= 0.6 is 0 Å². The molecule has 1 aromatic heterocycles. The maximum Gasteiger partial charge on any atom is 0.264 e. The lowest BCUT2D eigenvalue weighted by Gasteiger charge is -1.96. The van der Waals surface area contributed by atoms with Gasteiger partial charge in [-0.05, 0) is 12.1 Å². The molecule has 0 radical (unpaired) electrons. The maximum absolute atomic E-state index is 9.36.